The van der Waals surface area contributed by atoms with E-state index in [9.17, 15) is 5.11 Å². The molecule has 3 nitrogen and oxygen atoms in total. The minimum absolute atomic E-state index is 0.594. The molecule has 0 aliphatic carbocycles. The van der Waals surface area contributed by atoms with Crippen molar-refractivity contribution in [3.8, 4) is 0 Å². The summed E-state index contributed by atoms with van der Waals surface area (Å²) in [4.78, 5) is 0. The van der Waals surface area contributed by atoms with Crippen LogP contribution in [0.1, 0.15) is 34.1 Å². The molecule has 0 saturated heterocycles. The van der Waals surface area contributed by atoms with Crippen LogP contribution in [0.2, 0.25) is 0 Å². The van der Waals surface area contributed by atoms with E-state index in [1.807, 2.05) is 46.1 Å². The molecular weight excluding hydrogens is 212 g/mol. The van der Waals surface area contributed by atoms with Crippen LogP contribution in [0, 0.1) is 20.8 Å². The maximum absolute atomic E-state index is 10.4. The number of aliphatic hydroxyl groups excluding tert-OH is 1. The Morgan fingerprint density at radius 2 is 1.88 bits per heavy atom. The van der Waals surface area contributed by atoms with Crippen LogP contribution < -0.4 is 0 Å². The topological polar surface area (TPSA) is 38.0 Å². The van der Waals surface area contributed by atoms with E-state index in [0.717, 1.165) is 27.9 Å². The highest BCUT2D eigenvalue weighted by molar-refractivity contribution is 5.38. The fourth-order valence-corrected chi connectivity index (χ4v) is 2.11. The van der Waals surface area contributed by atoms with E-state index < -0.39 is 6.10 Å². The monoisotopic (exact) mass is 230 g/mol. The molecule has 17 heavy (non-hydrogen) atoms. The molecule has 0 aliphatic heterocycles. The average Bonchev–Trinajstić information content (AvgIpc) is 2.60. The first-order valence-corrected chi connectivity index (χ1v) is 5.74. The van der Waals surface area contributed by atoms with E-state index in [4.69, 9.17) is 0 Å². The van der Waals surface area contributed by atoms with Gasteiger partial charge in [-0.1, -0.05) is 23.8 Å². The van der Waals surface area contributed by atoms with Gasteiger partial charge in [-0.2, -0.15) is 5.10 Å². The third-order valence-corrected chi connectivity index (χ3v) is 3.08. The number of hydrogen-bond acceptors (Lipinski definition) is 2. The van der Waals surface area contributed by atoms with Gasteiger partial charge in [0.25, 0.3) is 0 Å². The van der Waals surface area contributed by atoms with Crippen LogP contribution >= 0.6 is 0 Å². The minimum Gasteiger partial charge on any atom is -0.384 e. The minimum atomic E-state index is -0.594. The molecule has 1 aromatic heterocycles. The van der Waals surface area contributed by atoms with Crippen LogP contribution in [0.25, 0.3) is 0 Å². The van der Waals surface area contributed by atoms with Crippen molar-refractivity contribution in [2.45, 2.75) is 26.9 Å². The third-order valence-electron chi connectivity index (χ3n) is 3.08. The summed E-state index contributed by atoms with van der Waals surface area (Å²) in [7, 11) is 1.87. The zero-order valence-corrected chi connectivity index (χ0v) is 10.7. The van der Waals surface area contributed by atoms with Gasteiger partial charge in [0.2, 0.25) is 0 Å². The molecule has 0 fully saturated rings. The lowest BCUT2D eigenvalue weighted by Gasteiger charge is -2.13. The van der Waals surface area contributed by atoms with Gasteiger partial charge in [-0.25, -0.2) is 0 Å². The van der Waals surface area contributed by atoms with E-state index in [0.29, 0.717) is 0 Å². The highest BCUT2D eigenvalue weighted by Crippen LogP contribution is 2.27. The van der Waals surface area contributed by atoms with Crippen molar-refractivity contribution < 1.29 is 5.11 Å². The SMILES string of the molecule is Cc1ccc(C)c(C(O)c2cn(C)nc2C)c1. The number of benzene rings is 1. The predicted molar refractivity (Wildman–Crippen MR) is 67.9 cm³/mol. The van der Waals surface area contributed by atoms with Crippen molar-refractivity contribution in [3.05, 3.63) is 52.3 Å². The zero-order valence-electron chi connectivity index (χ0n) is 10.7. The summed E-state index contributed by atoms with van der Waals surface area (Å²) in [6.45, 7) is 5.97. The number of aryl methyl sites for hydroxylation is 4. The molecule has 0 amide bonds. The first kappa shape index (κ1) is 11.9. The molecular formula is C14H18N2O. The van der Waals surface area contributed by atoms with E-state index in [1.165, 1.54) is 0 Å². The van der Waals surface area contributed by atoms with E-state index >= 15 is 0 Å². The van der Waals surface area contributed by atoms with Crippen molar-refractivity contribution >= 4 is 0 Å². The maximum atomic E-state index is 10.4. The van der Waals surface area contributed by atoms with E-state index in [-0.39, 0.29) is 0 Å². The Balaban J connectivity index is 2.46. The number of rotatable bonds is 2. The summed E-state index contributed by atoms with van der Waals surface area (Å²) in [6.07, 6.45) is 1.28. The molecule has 1 aromatic carbocycles. The molecule has 0 bridgehead atoms. The molecule has 0 aliphatic rings. The molecule has 1 heterocycles. The Kier molecular flexibility index (Phi) is 3.03. The van der Waals surface area contributed by atoms with Gasteiger partial charge in [-0.3, -0.25) is 4.68 Å². The molecule has 90 valence electrons. The summed E-state index contributed by atoms with van der Waals surface area (Å²) < 4.78 is 1.74. The number of hydrogen-bond donors (Lipinski definition) is 1. The highest BCUT2D eigenvalue weighted by atomic mass is 16.3. The second-order valence-electron chi connectivity index (χ2n) is 4.61. The first-order chi connectivity index (χ1) is 7.99. The maximum Gasteiger partial charge on any atom is 0.108 e. The van der Waals surface area contributed by atoms with Crippen molar-refractivity contribution in [1.29, 1.82) is 0 Å². The van der Waals surface area contributed by atoms with Gasteiger partial charge in [0, 0.05) is 18.8 Å². The molecule has 3 heteroatoms. The average molecular weight is 230 g/mol. The third kappa shape index (κ3) is 2.24. The highest BCUT2D eigenvalue weighted by Gasteiger charge is 2.17. The van der Waals surface area contributed by atoms with Gasteiger partial charge < -0.3 is 5.11 Å². The molecule has 0 saturated carbocycles. The van der Waals surface area contributed by atoms with E-state index in [2.05, 4.69) is 11.2 Å². The van der Waals surface area contributed by atoms with Crippen LogP contribution in [0.3, 0.4) is 0 Å². The Morgan fingerprint density at radius 1 is 1.18 bits per heavy atom. The Hall–Kier alpha value is -1.61. The van der Waals surface area contributed by atoms with Crippen LogP contribution in [-0.2, 0) is 7.05 Å². The number of aliphatic hydroxyl groups is 1. The molecule has 2 aromatic rings. The van der Waals surface area contributed by atoms with Gasteiger partial charge >= 0.3 is 0 Å². The standard InChI is InChI=1S/C14H18N2O/c1-9-5-6-10(2)12(7-9)14(17)13-8-16(4)15-11(13)3/h5-8,14,17H,1-4H3. The second kappa shape index (κ2) is 4.34. The van der Waals surface area contributed by atoms with Crippen LogP contribution in [-0.4, -0.2) is 14.9 Å². The number of aromatic nitrogens is 2. The lowest BCUT2D eigenvalue weighted by molar-refractivity contribution is 0.218. The van der Waals surface area contributed by atoms with Crippen molar-refractivity contribution in [2.75, 3.05) is 0 Å². The summed E-state index contributed by atoms with van der Waals surface area (Å²) in [5.41, 5.74) is 4.97. The Bertz CT molecular complexity index is 543. The van der Waals surface area contributed by atoms with Crippen LogP contribution in [0.15, 0.2) is 24.4 Å². The number of nitrogens with zero attached hydrogens (tertiary/aromatic N) is 2. The smallest absolute Gasteiger partial charge is 0.108 e. The molecule has 1 N–H and O–H groups in total. The summed E-state index contributed by atoms with van der Waals surface area (Å²) in [6, 6.07) is 6.13. The molecule has 1 atom stereocenters. The van der Waals surface area contributed by atoms with Crippen LogP contribution in [0.5, 0.6) is 0 Å². The second-order valence-corrected chi connectivity index (χ2v) is 4.61. The van der Waals surface area contributed by atoms with Crippen molar-refractivity contribution in [2.24, 2.45) is 7.05 Å². The normalized spacial score (nSPS) is 12.8. The van der Waals surface area contributed by atoms with Crippen molar-refractivity contribution in [1.82, 2.24) is 9.78 Å². The zero-order chi connectivity index (χ0) is 12.6. The Labute approximate surface area is 102 Å². The quantitative estimate of drug-likeness (QED) is 0.860. The van der Waals surface area contributed by atoms with Gasteiger partial charge in [0.1, 0.15) is 6.10 Å². The fourth-order valence-electron chi connectivity index (χ4n) is 2.11. The molecule has 1 unspecified atom stereocenters. The van der Waals surface area contributed by atoms with Gasteiger partial charge in [0.05, 0.1) is 5.69 Å². The summed E-state index contributed by atoms with van der Waals surface area (Å²) in [5.74, 6) is 0. The summed E-state index contributed by atoms with van der Waals surface area (Å²) >= 11 is 0. The van der Waals surface area contributed by atoms with Gasteiger partial charge in [0.15, 0.2) is 0 Å². The van der Waals surface area contributed by atoms with E-state index in [1.54, 1.807) is 4.68 Å². The molecule has 2 rings (SSSR count). The van der Waals surface area contributed by atoms with Crippen molar-refractivity contribution in [3.63, 3.8) is 0 Å². The molecule has 0 radical (unpaired) electrons. The first-order valence-electron chi connectivity index (χ1n) is 5.74. The lowest BCUT2D eigenvalue weighted by Crippen LogP contribution is -2.03. The lowest BCUT2D eigenvalue weighted by atomic mass is 9.96. The van der Waals surface area contributed by atoms with Gasteiger partial charge in [-0.05, 0) is 31.9 Å². The van der Waals surface area contributed by atoms with Crippen LogP contribution in [0.4, 0.5) is 0 Å². The largest absolute Gasteiger partial charge is 0.384 e. The summed E-state index contributed by atoms with van der Waals surface area (Å²) in [5, 5.41) is 14.7. The molecule has 0 spiro atoms. The fraction of sp³-hybridized carbons (Fsp3) is 0.357. The predicted octanol–water partition coefficient (Wildman–Crippen LogP) is 2.43. The Morgan fingerprint density at radius 3 is 2.47 bits per heavy atom. The van der Waals surface area contributed by atoms with Gasteiger partial charge in [-0.15, -0.1) is 0 Å².